The SMILES string of the molecule is Cc1cc(NCC2CCCN(C)C2)ccn1. The van der Waals surface area contributed by atoms with E-state index in [9.17, 15) is 0 Å². The van der Waals surface area contributed by atoms with Gasteiger partial charge in [-0.05, 0) is 51.4 Å². The second-order valence-electron chi connectivity index (χ2n) is 4.84. The lowest BCUT2D eigenvalue weighted by molar-refractivity contribution is 0.217. The number of hydrogen-bond donors (Lipinski definition) is 1. The molecule has 1 fully saturated rings. The molecule has 0 saturated carbocycles. The average Bonchev–Trinajstić information content (AvgIpc) is 2.27. The van der Waals surface area contributed by atoms with Crippen molar-refractivity contribution in [3.8, 4) is 0 Å². The maximum Gasteiger partial charge on any atom is 0.0393 e. The normalized spacial score (nSPS) is 22.0. The Morgan fingerprint density at radius 1 is 1.56 bits per heavy atom. The van der Waals surface area contributed by atoms with E-state index in [1.54, 1.807) is 0 Å². The summed E-state index contributed by atoms with van der Waals surface area (Å²) in [6, 6.07) is 4.14. The van der Waals surface area contributed by atoms with Crippen LogP contribution in [0.25, 0.3) is 0 Å². The molecule has 1 N–H and O–H groups in total. The zero-order chi connectivity index (χ0) is 11.4. The molecule has 1 aliphatic rings. The van der Waals surface area contributed by atoms with Gasteiger partial charge in [-0.25, -0.2) is 0 Å². The van der Waals surface area contributed by atoms with Gasteiger partial charge in [0.2, 0.25) is 0 Å². The van der Waals surface area contributed by atoms with Crippen LogP contribution in [0.4, 0.5) is 5.69 Å². The zero-order valence-electron chi connectivity index (χ0n) is 10.2. The molecule has 0 aliphatic carbocycles. The van der Waals surface area contributed by atoms with Gasteiger partial charge in [-0.1, -0.05) is 0 Å². The highest BCUT2D eigenvalue weighted by Gasteiger charge is 2.16. The summed E-state index contributed by atoms with van der Waals surface area (Å²) in [6.45, 7) is 5.58. The van der Waals surface area contributed by atoms with Crippen molar-refractivity contribution in [1.82, 2.24) is 9.88 Å². The summed E-state index contributed by atoms with van der Waals surface area (Å²) < 4.78 is 0. The Morgan fingerprint density at radius 2 is 2.44 bits per heavy atom. The first-order chi connectivity index (χ1) is 7.74. The lowest BCUT2D eigenvalue weighted by Crippen LogP contribution is -2.35. The van der Waals surface area contributed by atoms with Gasteiger partial charge >= 0.3 is 0 Å². The number of nitrogens with zero attached hydrogens (tertiary/aromatic N) is 2. The predicted octanol–water partition coefficient (Wildman–Crippen LogP) is 2.14. The molecule has 3 heteroatoms. The summed E-state index contributed by atoms with van der Waals surface area (Å²) in [5.41, 5.74) is 2.27. The molecule has 0 spiro atoms. The monoisotopic (exact) mass is 219 g/mol. The van der Waals surface area contributed by atoms with Crippen molar-refractivity contribution < 1.29 is 0 Å². The number of hydrogen-bond acceptors (Lipinski definition) is 3. The number of aryl methyl sites for hydroxylation is 1. The predicted molar refractivity (Wildman–Crippen MR) is 67.7 cm³/mol. The number of aromatic nitrogens is 1. The fraction of sp³-hybridized carbons (Fsp3) is 0.615. The Hall–Kier alpha value is -1.09. The van der Waals surface area contributed by atoms with Crippen LogP contribution in [0.1, 0.15) is 18.5 Å². The molecule has 1 aromatic heterocycles. The summed E-state index contributed by atoms with van der Waals surface area (Å²) in [7, 11) is 2.21. The molecule has 0 bridgehead atoms. The molecule has 1 unspecified atom stereocenters. The highest BCUT2D eigenvalue weighted by Crippen LogP contribution is 2.16. The lowest BCUT2D eigenvalue weighted by atomic mass is 9.98. The Morgan fingerprint density at radius 3 is 3.19 bits per heavy atom. The maximum absolute atomic E-state index is 4.20. The number of piperidine rings is 1. The second-order valence-corrected chi connectivity index (χ2v) is 4.84. The molecule has 0 radical (unpaired) electrons. The van der Waals surface area contributed by atoms with E-state index >= 15 is 0 Å². The van der Waals surface area contributed by atoms with E-state index in [1.165, 1.54) is 31.6 Å². The van der Waals surface area contributed by atoms with Gasteiger partial charge in [0.1, 0.15) is 0 Å². The molecule has 1 atom stereocenters. The zero-order valence-corrected chi connectivity index (χ0v) is 10.2. The van der Waals surface area contributed by atoms with Crippen molar-refractivity contribution in [3.63, 3.8) is 0 Å². The summed E-state index contributed by atoms with van der Waals surface area (Å²) in [6.07, 6.45) is 4.55. The molecule has 1 aliphatic heterocycles. The van der Waals surface area contributed by atoms with Crippen molar-refractivity contribution >= 4 is 5.69 Å². The van der Waals surface area contributed by atoms with E-state index in [2.05, 4.69) is 28.3 Å². The Bertz CT molecular complexity index is 338. The van der Waals surface area contributed by atoms with Gasteiger partial charge in [0.25, 0.3) is 0 Å². The van der Waals surface area contributed by atoms with Crippen molar-refractivity contribution in [1.29, 1.82) is 0 Å². The first kappa shape index (κ1) is 11.4. The van der Waals surface area contributed by atoms with E-state index in [0.717, 1.165) is 18.2 Å². The number of pyridine rings is 1. The van der Waals surface area contributed by atoms with Gasteiger partial charge in [-0.15, -0.1) is 0 Å². The number of nitrogens with one attached hydrogen (secondary N) is 1. The van der Waals surface area contributed by atoms with E-state index in [1.807, 2.05) is 19.2 Å². The standard InChI is InChI=1S/C13H21N3/c1-11-8-13(5-6-14-11)15-9-12-4-3-7-16(2)10-12/h5-6,8,12H,3-4,7,9-10H2,1-2H3,(H,14,15). The van der Waals surface area contributed by atoms with Crippen LogP contribution in [0.3, 0.4) is 0 Å². The van der Waals surface area contributed by atoms with Crippen LogP contribution in [-0.2, 0) is 0 Å². The fourth-order valence-corrected chi connectivity index (χ4v) is 2.36. The second kappa shape index (κ2) is 5.30. The van der Waals surface area contributed by atoms with Gasteiger partial charge in [-0.3, -0.25) is 4.98 Å². The molecular weight excluding hydrogens is 198 g/mol. The summed E-state index contributed by atoms with van der Waals surface area (Å²) in [4.78, 5) is 6.62. The van der Waals surface area contributed by atoms with Crippen LogP contribution in [0.2, 0.25) is 0 Å². The molecule has 88 valence electrons. The average molecular weight is 219 g/mol. The molecule has 0 amide bonds. The van der Waals surface area contributed by atoms with Crippen molar-refractivity contribution in [3.05, 3.63) is 24.0 Å². The topological polar surface area (TPSA) is 28.2 Å². The highest BCUT2D eigenvalue weighted by atomic mass is 15.1. The summed E-state index contributed by atoms with van der Waals surface area (Å²) in [5, 5.41) is 3.51. The number of rotatable bonds is 3. The molecule has 2 rings (SSSR count). The third-order valence-corrected chi connectivity index (χ3v) is 3.21. The van der Waals surface area contributed by atoms with Gasteiger partial charge < -0.3 is 10.2 Å². The first-order valence-electron chi connectivity index (χ1n) is 6.09. The fourth-order valence-electron chi connectivity index (χ4n) is 2.36. The molecule has 3 nitrogen and oxygen atoms in total. The van der Waals surface area contributed by atoms with Gasteiger partial charge in [0.05, 0.1) is 0 Å². The Balaban J connectivity index is 1.82. The quantitative estimate of drug-likeness (QED) is 0.844. The molecule has 1 saturated heterocycles. The minimum absolute atomic E-state index is 0.784. The Labute approximate surface area is 97.9 Å². The minimum Gasteiger partial charge on any atom is -0.385 e. The van der Waals surface area contributed by atoms with Gasteiger partial charge in [0.15, 0.2) is 0 Å². The van der Waals surface area contributed by atoms with E-state index < -0.39 is 0 Å². The van der Waals surface area contributed by atoms with Gasteiger partial charge in [0, 0.05) is 30.7 Å². The molecule has 2 heterocycles. The van der Waals surface area contributed by atoms with E-state index in [0.29, 0.717) is 0 Å². The summed E-state index contributed by atoms with van der Waals surface area (Å²) in [5.74, 6) is 0.784. The largest absolute Gasteiger partial charge is 0.385 e. The minimum atomic E-state index is 0.784. The molecular formula is C13H21N3. The molecule has 0 aromatic carbocycles. The third-order valence-electron chi connectivity index (χ3n) is 3.21. The molecule has 1 aromatic rings. The first-order valence-corrected chi connectivity index (χ1v) is 6.09. The maximum atomic E-state index is 4.20. The van der Waals surface area contributed by atoms with Crippen LogP contribution in [0.5, 0.6) is 0 Å². The highest BCUT2D eigenvalue weighted by molar-refractivity contribution is 5.42. The van der Waals surface area contributed by atoms with Crippen LogP contribution >= 0.6 is 0 Å². The van der Waals surface area contributed by atoms with Crippen molar-refractivity contribution in [2.45, 2.75) is 19.8 Å². The third kappa shape index (κ3) is 3.20. The van der Waals surface area contributed by atoms with Crippen molar-refractivity contribution in [2.75, 3.05) is 32.0 Å². The summed E-state index contributed by atoms with van der Waals surface area (Å²) >= 11 is 0. The number of likely N-dealkylation sites (tertiary alicyclic amines) is 1. The lowest BCUT2D eigenvalue weighted by Gasteiger charge is -2.29. The van der Waals surface area contributed by atoms with Crippen molar-refractivity contribution in [2.24, 2.45) is 5.92 Å². The molecule has 16 heavy (non-hydrogen) atoms. The smallest absolute Gasteiger partial charge is 0.0393 e. The van der Waals surface area contributed by atoms with Crippen LogP contribution in [0, 0.1) is 12.8 Å². The van der Waals surface area contributed by atoms with Gasteiger partial charge in [-0.2, -0.15) is 0 Å². The van der Waals surface area contributed by atoms with E-state index in [-0.39, 0.29) is 0 Å². The van der Waals surface area contributed by atoms with Crippen LogP contribution < -0.4 is 5.32 Å². The van der Waals surface area contributed by atoms with Crippen LogP contribution in [0.15, 0.2) is 18.3 Å². The van der Waals surface area contributed by atoms with Crippen LogP contribution in [-0.4, -0.2) is 36.6 Å². The van der Waals surface area contributed by atoms with E-state index in [4.69, 9.17) is 0 Å². The Kier molecular flexibility index (Phi) is 3.78. The number of anilines is 1.